The molecule has 0 aromatic carbocycles. The molecule has 0 aromatic rings. The molecular weight excluding hydrogens is 172 g/mol. The topological polar surface area (TPSA) is 55.8 Å². The Morgan fingerprint density at radius 1 is 1.54 bits per heavy atom. The summed E-state index contributed by atoms with van der Waals surface area (Å²) in [5.74, 6) is -1.03. The van der Waals surface area contributed by atoms with Gasteiger partial charge in [-0.05, 0) is 12.8 Å². The Kier molecular flexibility index (Phi) is 2.04. The lowest BCUT2D eigenvalue weighted by molar-refractivity contribution is -0.140. The van der Waals surface area contributed by atoms with E-state index in [0.717, 1.165) is 12.8 Å². The van der Waals surface area contributed by atoms with Gasteiger partial charge in [-0.3, -0.25) is 4.79 Å². The summed E-state index contributed by atoms with van der Waals surface area (Å²) < 4.78 is 10.4. The van der Waals surface area contributed by atoms with Crippen LogP contribution < -0.4 is 0 Å². The number of hydrogen-bond acceptors (Lipinski definition) is 3. The quantitative estimate of drug-likeness (QED) is 0.682. The van der Waals surface area contributed by atoms with Gasteiger partial charge in [-0.1, -0.05) is 0 Å². The highest BCUT2D eigenvalue weighted by molar-refractivity contribution is 5.76. The van der Waals surface area contributed by atoms with Crippen molar-refractivity contribution >= 4 is 5.97 Å². The molecule has 0 unspecified atom stereocenters. The van der Waals surface area contributed by atoms with E-state index in [0.29, 0.717) is 13.2 Å². The molecule has 4 nitrogen and oxygen atoms in total. The maximum atomic E-state index is 10.9. The first-order valence-electron chi connectivity index (χ1n) is 4.56. The van der Waals surface area contributed by atoms with Crippen LogP contribution in [-0.2, 0) is 14.3 Å². The minimum atomic E-state index is -0.728. The second-order valence-corrected chi connectivity index (χ2v) is 3.82. The highest BCUT2D eigenvalue weighted by atomic mass is 16.5. The maximum absolute atomic E-state index is 10.9. The Morgan fingerprint density at radius 2 is 2.15 bits per heavy atom. The molecule has 1 aliphatic carbocycles. The monoisotopic (exact) mass is 186 g/mol. The molecule has 1 saturated carbocycles. The van der Waals surface area contributed by atoms with Crippen molar-refractivity contribution in [1.82, 2.24) is 0 Å². The molecule has 4 heteroatoms. The summed E-state index contributed by atoms with van der Waals surface area (Å²) in [6.45, 7) is 1.34. The van der Waals surface area contributed by atoms with Crippen molar-refractivity contribution in [2.45, 2.75) is 18.9 Å². The highest BCUT2D eigenvalue weighted by Crippen LogP contribution is 2.60. The molecule has 1 aliphatic heterocycles. The number of carboxylic acid groups (broad SMARTS) is 1. The SMILES string of the molecule is CO[C@H]1[C@H](C(=O)O)C12CCOCC2. The van der Waals surface area contributed by atoms with Crippen molar-refractivity contribution in [1.29, 1.82) is 0 Å². The van der Waals surface area contributed by atoms with Crippen molar-refractivity contribution in [3.63, 3.8) is 0 Å². The lowest BCUT2D eigenvalue weighted by Crippen LogP contribution is -2.22. The van der Waals surface area contributed by atoms with Crippen molar-refractivity contribution in [3.05, 3.63) is 0 Å². The smallest absolute Gasteiger partial charge is 0.309 e. The zero-order valence-corrected chi connectivity index (χ0v) is 7.66. The largest absolute Gasteiger partial charge is 0.481 e. The second-order valence-electron chi connectivity index (χ2n) is 3.82. The normalized spacial score (nSPS) is 36.1. The third-order valence-electron chi connectivity index (χ3n) is 3.32. The summed E-state index contributed by atoms with van der Waals surface area (Å²) in [6.07, 6.45) is 1.55. The van der Waals surface area contributed by atoms with Crippen LogP contribution in [0, 0.1) is 11.3 Å². The van der Waals surface area contributed by atoms with Gasteiger partial charge in [-0.2, -0.15) is 0 Å². The molecule has 1 spiro atoms. The third kappa shape index (κ3) is 1.16. The molecule has 1 N–H and O–H groups in total. The highest BCUT2D eigenvalue weighted by Gasteiger charge is 2.69. The summed E-state index contributed by atoms with van der Waals surface area (Å²) in [4.78, 5) is 10.9. The molecule has 1 saturated heterocycles. The molecule has 0 radical (unpaired) electrons. The standard InChI is InChI=1S/C9H14O4/c1-12-7-6(8(10)11)9(7)2-4-13-5-3-9/h6-7H,2-5H2,1H3,(H,10,11)/t6-,7+/m1/s1. The lowest BCUT2D eigenvalue weighted by atomic mass is 9.93. The van der Waals surface area contributed by atoms with E-state index in [2.05, 4.69) is 0 Å². The van der Waals surface area contributed by atoms with E-state index in [4.69, 9.17) is 14.6 Å². The van der Waals surface area contributed by atoms with E-state index in [1.54, 1.807) is 7.11 Å². The molecule has 2 rings (SSSR count). The Labute approximate surface area is 76.8 Å². The van der Waals surface area contributed by atoms with Gasteiger partial charge in [0.25, 0.3) is 0 Å². The van der Waals surface area contributed by atoms with Gasteiger partial charge in [-0.25, -0.2) is 0 Å². The number of rotatable bonds is 2. The molecule has 0 bridgehead atoms. The molecule has 0 amide bonds. The summed E-state index contributed by atoms with van der Waals surface area (Å²) in [6, 6.07) is 0. The number of carbonyl (C=O) groups is 1. The predicted molar refractivity (Wildman–Crippen MR) is 44.4 cm³/mol. The van der Waals surface area contributed by atoms with Gasteiger partial charge in [0.1, 0.15) is 0 Å². The Hall–Kier alpha value is -0.610. The van der Waals surface area contributed by atoms with E-state index in [1.165, 1.54) is 0 Å². The molecule has 13 heavy (non-hydrogen) atoms. The molecular formula is C9H14O4. The van der Waals surface area contributed by atoms with Gasteiger partial charge in [0.05, 0.1) is 12.0 Å². The third-order valence-corrected chi connectivity index (χ3v) is 3.32. The van der Waals surface area contributed by atoms with E-state index in [-0.39, 0.29) is 17.4 Å². The zero-order chi connectivity index (χ0) is 9.47. The Morgan fingerprint density at radius 3 is 2.54 bits per heavy atom. The number of hydrogen-bond donors (Lipinski definition) is 1. The number of carboxylic acids is 1. The average molecular weight is 186 g/mol. The fourth-order valence-corrected chi connectivity index (χ4v) is 2.55. The van der Waals surface area contributed by atoms with Crippen molar-refractivity contribution in [2.24, 2.45) is 11.3 Å². The second kappa shape index (κ2) is 2.96. The molecule has 2 atom stereocenters. The maximum Gasteiger partial charge on any atom is 0.309 e. The van der Waals surface area contributed by atoms with Crippen LogP contribution in [0.3, 0.4) is 0 Å². The fraction of sp³-hybridized carbons (Fsp3) is 0.889. The number of ether oxygens (including phenoxy) is 2. The lowest BCUT2D eigenvalue weighted by Gasteiger charge is -2.22. The summed E-state index contributed by atoms with van der Waals surface area (Å²) in [5, 5.41) is 8.95. The van der Waals surface area contributed by atoms with Crippen LogP contribution in [-0.4, -0.2) is 37.5 Å². The zero-order valence-electron chi connectivity index (χ0n) is 7.66. The van der Waals surface area contributed by atoms with Crippen molar-refractivity contribution in [3.8, 4) is 0 Å². The predicted octanol–water partition coefficient (Wildman–Crippen LogP) is 0.513. The van der Waals surface area contributed by atoms with Gasteiger partial charge in [0.15, 0.2) is 0 Å². The van der Waals surface area contributed by atoms with Crippen LogP contribution in [0.25, 0.3) is 0 Å². The molecule has 1 heterocycles. The molecule has 2 fully saturated rings. The van der Waals surface area contributed by atoms with Crippen LogP contribution in [0.4, 0.5) is 0 Å². The van der Waals surface area contributed by atoms with Gasteiger partial charge in [0.2, 0.25) is 0 Å². The summed E-state index contributed by atoms with van der Waals surface area (Å²) >= 11 is 0. The molecule has 74 valence electrons. The Bertz CT molecular complexity index is 220. The van der Waals surface area contributed by atoms with Gasteiger partial charge in [0, 0.05) is 25.7 Å². The summed E-state index contributed by atoms with van der Waals surface area (Å²) in [5.41, 5.74) is -0.112. The minimum Gasteiger partial charge on any atom is -0.481 e. The number of aliphatic carboxylic acids is 1. The van der Waals surface area contributed by atoms with Gasteiger partial charge >= 0.3 is 5.97 Å². The van der Waals surface area contributed by atoms with Crippen molar-refractivity contribution < 1.29 is 19.4 Å². The first-order valence-corrected chi connectivity index (χ1v) is 4.56. The van der Waals surface area contributed by atoms with Crippen LogP contribution in [0.5, 0.6) is 0 Å². The first kappa shape index (κ1) is 8.97. The van der Waals surface area contributed by atoms with Crippen LogP contribution >= 0.6 is 0 Å². The van der Waals surface area contributed by atoms with Crippen LogP contribution in [0.1, 0.15) is 12.8 Å². The minimum absolute atomic E-state index is 0.0890. The molecule has 0 aromatic heterocycles. The fourth-order valence-electron chi connectivity index (χ4n) is 2.55. The van der Waals surface area contributed by atoms with E-state index in [1.807, 2.05) is 0 Å². The van der Waals surface area contributed by atoms with E-state index in [9.17, 15) is 4.79 Å². The van der Waals surface area contributed by atoms with Crippen LogP contribution in [0.2, 0.25) is 0 Å². The Balaban J connectivity index is 2.10. The summed E-state index contributed by atoms with van der Waals surface area (Å²) in [7, 11) is 1.59. The van der Waals surface area contributed by atoms with E-state index < -0.39 is 5.97 Å². The van der Waals surface area contributed by atoms with Crippen molar-refractivity contribution in [2.75, 3.05) is 20.3 Å². The first-order chi connectivity index (χ1) is 6.22. The van der Waals surface area contributed by atoms with E-state index >= 15 is 0 Å². The van der Waals surface area contributed by atoms with Crippen LogP contribution in [0.15, 0.2) is 0 Å². The van der Waals surface area contributed by atoms with Gasteiger partial charge in [-0.15, -0.1) is 0 Å². The van der Waals surface area contributed by atoms with Gasteiger partial charge < -0.3 is 14.6 Å². The molecule has 2 aliphatic rings. The number of methoxy groups -OCH3 is 1. The average Bonchev–Trinajstić information content (AvgIpc) is 2.74.